The molecule has 2 amide bonds. The van der Waals surface area contributed by atoms with Crippen LogP contribution in [0.15, 0.2) is 42.6 Å². The smallest absolute Gasteiger partial charge is 0.266 e. The van der Waals surface area contributed by atoms with Crippen molar-refractivity contribution in [2.75, 3.05) is 49.1 Å². The van der Waals surface area contributed by atoms with E-state index in [1.165, 1.54) is 17.0 Å². The summed E-state index contributed by atoms with van der Waals surface area (Å²) >= 11 is 0. The van der Waals surface area contributed by atoms with Crippen LogP contribution in [0.25, 0.3) is 0 Å². The van der Waals surface area contributed by atoms with Crippen LogP contribution in [0.2, 0.25) is 0 Å². The van der Waals surface area contributed by atoms with Crippen molar-refractivity contribution in [3.8, 4) is 5.75 Å². The van der Waals surface area contributed by atoms with Gasteiger partial charge >= 0.3 is 0 Å². The van der Waals surface area contributed by atoms with Crippen LogP contribution in [0, 0.1) is 5.82 Å². The number of hydrogen-bond acceptors (Lipinski definition) is 5. The minimum absolute atomic E-state index is 0.0528. The molecule has 27 heavy (non-hydrogen) atoms. The van der Waals surface area contributed by atoms with Gasteiger partial charge in [0.15, 0.2) is 18.2 Å². The first kappa shape index (κ1) is 17.3. The Bertz CT molecular complexity index is 850. The van der Waals surface area contributed by atoms with E-state index in [-0.39, 0.29) is 30.8 Å². The number of aromatic nitrogens is 1. The highest BCUT2D eigenvalue weighted by Gasteiger charge is 2.30. The average molecular weight is 370 g/mol. The van der Waals surface area contributed by atoms with E-state index in [9.17, 15) is 14.0 Å². The van der Waals surface area contributed by atoms with E-state index in [1.54, 1.807) is 35.4 Å². The molecule has 8 heteroatoms. The van der Waals surface area contributed by atoms with Crippen LogP contribution in [0.5, 0.6) is 5.75 Å². The number of hydrogen-bond donors (Lipinski definition) is 0. The molecule has 1 aromatic heterocycles. The molecule has 1 saturated heterocycles. The highest BCUT2D eigenvalue weighted by atomic mass is 19.1. The molecule has 2 aromatic rings. The van der Waals surface area contributed by atoms with Gasteiger partial charge in [0.05, 0.1) is 0 Å². The number of ether oxygens (including phenoxy) is 1. The van der Waals surface area contributed by atoms with Crippen molar-refractivity contribution in [1.82, 2.24) is 9.88 Å². The summed E-state index contributed by atoms with van der Waals surface area (Å²) in [5.41, 5.74) is 0.935. The second kappa shape index (κ2) is 7.22. The Morgan fingerprint density at radius 3 is 2.59 bits per heavy atom. The number of nitrogens with zero attached hydrogens (tertiary/aromatic N) is 4. The predicted octanol–water partition coefficient (Wildman–Crippen LogP) is 1.29. The number of rotatable bonds is 3. The van der Waals surface area contributed by atoms with Gasteiger partial charge in [-0.2, -0.15) is 0 Å². The van der Waals surface area contributed by atoms with E-state index in [1.807, 2.05) is 0 Å². The highest BCUT2D eigenvalue weighted by Crippen LogP contribution is 2.29. The van der Waals surface area contributed by atoms with Crippen molar-refractivity contribution in [2.24, 2.45) is 0 Å². The van der Waals surface area contributed by atoms with Crippen LogP contribution in [-0.2, 0) is 9.59 Å². The molecular weight excluding hydrogens is 351 g/mol. The van der Waals surface area contributed by atoms with E-state index in [0.717, 1.165) is 5.69 Å². The number of amides is 2. The van der Waals surface area contributed by atoms with Crippen LogP contribution in [0.1, 0.15) is 0 Å². The Morgan fingerprint density at radius 1 is 1.11 bits per heavy atom. The lowest BCUT2D eigenvalue weighted by Crippen LogP contribution is -2.53. The fourth-order valence-electron chi connectivity index (χ4n) is 3.30. The van der Waals surface area contributed by atoms with Crippen LogP contribution >= 0.6 is 0 Å². The first-order chi connectivity index (χ1) is 13.1. The molecule has 0 atom stereocenters. The first-order valence-corrected chi connectivity index (χ1v) is 8.78. The average Bonchev–Trinajstić information content (AvgIpc) is 2.71. The largest absolute Gasteiger partial charge is 0.480 e. The quantitative estimate of drug-likeness (QED) is 0.815. The van der Waals surface area contributed by atoms with E-state index in [4.69, 9.17) is 4.74 Å². The molecule has 0 saturated carbocycles. The summed E-state index contributed by atoms with van der Waals surface area (Å²) in [6.45, 7) is 2.26. The molecule has 1 aromatic carbocycles. The Balaban J connectivity index is 1.39. The Kier molecular flexibility index (Phi) is 4.62. The zero-order chi connectivity index (χ0) is 18.8. The van der Waals surface area contributed by atoms with Gasteiger partial charge in [0.1, 0.15) is 12.4 Å². The van der Waals surface area contributed by atoms with Gasteiger partial charge in [-0.05, 0) is 36.4 Å². The zero-order valence-corrected chi connectivity index (χ0v) is 14.7. The number of fused-ring (bicyclic) bond motifs is 1. The van der Waals surface area contributed by atoms with Crippen molar-refractivity contribution in [2.45, 2.75) is 0 Å². The first-order valence-electron chi connectivity index (χ1n) is 8.78. The number of carbonyl (C=O) groups excluding carboxylic acids is 2. The maximum atomic E-state index is 13.1. The summed E-state index contributed by atoms with van der Waals surface area (Å²) < 4.78 is 18.4. The third kappa shape index (κ3) is 3.55. The van der Waals surface area contributed by atoms with Gasteiger partial charge in [0.25, 0.3) is 5.91 Å². The highest BCUT2D eigenvalue weighted by molar-refractivity contribution is 6.01. The summed E-state index contributed by atoms with van der Waals surface area (Å²) in [4.78, 5) is 34.3. The minimum Gasteiger partial charge on any atom is -0.480 e. The van der Waals surface area contributed by atoms with Gasteiger partial charge in [-0.1, -0.05) is 0 Å². The second-order valence-electron chi connectivity index (χ2n) is 6.44. The molecule has 0 spiro atoms. The SMILES string of the molecule is O=C(CN1C(=O)COc2cccnc21)N1CCN(c2ccc(F)cc2)CC1. The number of pyridine rings is 1. The number of anilines is 2. The molecule has 3 heterocycles. The summed E-state index contributed by atoms with van der Waals surface area (Å²) in [5, 5.41) is 0. The van der Waals surface area contributed by atoms with Crippen LogP contribution in [-0.4, -0.2) is 61.0 Å². The molecule has 0 radical (unpaired) electrons. The van der Waals surface area contributed by atoms with Gasteiger partial charge < -0.3 is 14.5 Å². The number of carbonyl (C=O) groups is 2. The van der Waals surface area contributed by atoms with Crippen LogP contribution in [0.3, 0.4) is 0 Å². The lowest BCUT2D eigenvalue weighted by molar-refractivity contribution is -0.132. The summed E-state index contributed by atoms with van der Waals surface area (Å²) in [7, 11) is 0. The standard InChI is InChI=1S/C19H19FN4O3/c20-14-3-5-15(6-4-14)22-8-10-23(11-9-22)17(25)12-24-18(26)13-27-16-2-1-7-21-19(16)24/h1-7H,8-13H2. The normalized spacial score (nSPS) is 16.8. The molecule has 140 valence electrons. The Hall–Kier alpha value is -3.16. The van der Waals surface area contributed by atoms with E-state index in [2.05, 4.69) is 9.88 Å². The lowest BCUT2D eigenvalue weighted by Gasteiger charge is -2.37. The van der Waals surface area contributed by atoms with Crippen LogP contribution < -0.4 is 14.5 Å². The molecule has 0 bridgehead atoms. The van der Waals surface area contributed by atoms with Crippen molar-refractivity contribution in [1.29, 1.82) is 0 Å². The van der Waals surface area contributed by atoms with E-state index in [0.29, 0.717) is 37.7 Å². The molecule has 0 aliphatic carbocycles. The van der Waals surface area contributed by atoms with Crippen LogP contribution in [0.4, 0.5) is 15.9 Å². The molecule has 7 nitrogen and oxygen atoms in total. The summed E-state index contributed by atoms with van der Waals surface area (Å²) in [5.74, 6) is 0.217. The third-order valence-corrected chi connectivity index (χ3v) is 4.78. The van der Waals surface area contributed by atoms with E-state index >= 15 is 0 Å². The molecule has 1 fully saturated rings. The van der Waals surface area contributed by atoms with Crippen molar-refractivity contribution in [3.63, 3.8) is 0 Å². The van der Waals surface area contributed by atoms with Crippen molar-refractivity contribution >= 4 is 23.3 Å². The zero-order valence-electron chi connectivity index (χ0n) is 14.7. The monoisotopic (exact) mass is 370 g/mol. The van der Waals surface area contributed by atoms with E-state index < -0.39 is 0 Å². The maximum absolute atomic E-state index is 13.1. The van der Waals surface area contributed by atoms with Crippen molar-refractivity contribution < 1.29 is 18.7 Å². The maximum Gasteiger partial charge on any atom is 0.266 e. The van der Waals surface area contributed by atoms with Gasteiger partial charge in [-0.25, -0.2) is 9.37 Å². The number of halogens is 1. The number of benzene rings is 1. The van der Waals surface area contributed by atoms with Gasteiger partial charge in [-0.3, -0.25) is 14.5 Å². The molecule has 2 aliphatic heterocycles. The second-order valence-corrected chi connectivity index (χ2v) is 6.44. The summed E-state index contributed by atoms with van der Waals surface area (Å²) in [6, 6.07) is 9.79. The Morgan fingerprint density at radius 2 is 1.85 bits per heavy atom. The molecular formula is C19H19FN4O3. The molecule has 4 rings (SSSR count). The molecule has 2 aliphatic rings. The summed E-state index contributed by atoms with van der Waals surface area (Å²) in [6.07, 6.45) is 1.57. The van der Waals surface area contributed by atoms with Gasteiger partial charge in [0.2, 0.25) is 5.91 Å². The number of piperazine rings is 1. The van der Waals surface area contributed by atoms with Gasteiger partial charge in [0, 0.05) is 38.1 Å². The lowest BCUT2D eigenvalue weighted by atomic mass is 10.2. The Labute approximate surface area is 155 Å². The predicted molar refractivity (Wildman–Crippen MR) is 97.3 cm³/mol. The third-order valence-electron chi connectivity index (χ3n) is 4.78. The van der Waals surface area contributed by atoms with Crippen molar-refractivity contribution in [3.05, 3.63) is 48.4 Å². The molecule has 0 unspecified atom stereocenters. The van der Waals surface area contributed by atoms with Gasteiger partial charge in [-0.15, -0.1) is 0 Å². The molecule has 0 N–H and O–H groups in total. The fraction of sp³-hybridized carbons (Fsp3) is 0.316. The fourth-order valence-corrected chi connectivity index (χ4v) is 3.30. The topological polar surface area (TPSA) is 66.0 Å². The minimum atomic E-state index is -0.278.